The number of hydrogen-bond donors (Lipinski definition) is 1. The van der Waals surface area contributed by atoms with Crippen molar-refractivity contribution < 1.29 is 0 Å². The van der Waals surface area contributed by atoms with Gasteiger partial charge >= 0.3 is 0 Å². The van der Waals surface area contributed by atoms with Crippen LogP contribution in [0.2, 0.25) is 0 Å². The van der Waals surface area contributed by atoms with Crippen molar-refractivity contribution in [3.05, 3.63) is 65.2 Å². The highest BCUT2D eigenvalue weighted by Crippen LogP contribution is 2.24. The largest absolute Gasteiger partial charge is 0.370 e. The van der Waals surface area contributed by atoms with Gasteiger partial charge < -0.3 is 10.2 Å². The van der Waals surface area contributed by atoms with Crippen molar-refractivity contribution in [2.75, 3.05) is 24.5 Å². The normalized spacial score (nSPS) is 19.3. The Hall–Kier alpha value is -1.80. The lowest BCUT2D eigenvalue weighted by Gasteiger charge is -2.27. The van der Waals surface area contributed by atoms with Crippen LogP contribution in [0.4, 0.5) is 5.69 Å². The van der Waals surface area contributed by atoms with Crippen LogP contribution in [0.15, 0.2) is 48.5 Å². The second kappa shape index (κ2) is 6.31. The van der Waals surface area contributed by atoms with Crippen LogP contribution in [0.3, 0.4) is 0 Å². The maximum atomic E-state index is 3.69. The molecule has 1 aliphatic rings. The number of hydrogen-bond acceptors (Lipinski definition) is 2. The first-order valence-electron chi connectivity index (χ1n) is 7.84. The van der Waals surface area contributed by atoms with Crippen molar-refractivity contribution in [2.24, 2.45) is 0 Å². The highest BCUT2D eigenvalue weighted by Gasteiger charge is 2.19. The van der Waals surface area contributed by atoms with Crippen LogP contribution in [0.25, 0.3) is 0 Å². The summed E-state index contributed by atoms with van der Waals surface area (Å²) in [5.41, 5.74) is 5.43. The molecule has 0 amide bonds. The highest BCUT2D eigenvalue weighted by atomic mass is 15.2. The van der Waals surface area contributed by atoms with Gasteiger partial charge in [0.1, 0.15) is 0 Å². The molecule has 3 rings (SSSR count). The van der Waals surface area contributed by atoms with Gasteiger partial charge in [-0.2, -0.15) is 0 Å². The second-order valence-corrected chi connectivity index (χ2v) is 6.06. The van der Waals surface area contributed by atoms with E-state index in [1.807, 2.05) is 0 Å². The Labute approximate surface area is 127 Å². The summed E-state index contributed by atoms with van der Waals surface area (Å²) in [4.78, 5) is 2.53. The zero-order valence-electron chi connectivity index (χ0n) is 13.0. The minimum atomic E-state index is 0.412. The molecule has 0 bridgehead atoms. The maximum absolute atomic E-state index is 3.69. The lowest BCUT2D eigenvalue weighted by atomic mass is 10.1. The van der Waals surface area contributed by atoms with E-state index in [0.29, 0.717) is 6.04 Å². The minimum Gasteiger partial charge on any atom is -0.370 e. The Morgan fingerprint density at radius 2 is 1.71 bits per heavy atom. The first kappa shape index (κ1) is 14.2. The molecule has 1 unspecified atom stereocenters. The molecule has 0 spiro atoms. The molecular weight excluding hydrogens is 256 g/mol. The first-order chi connectivity index (χ1) is 10.2. The standard InChI is InChI=1S/C19H24N2/c1-15-11-16(2)13-18(12-15)21-10-6-9-20-19(14-21)17-7-4-3-5-8-17/h3-5,7-8,11-13,19-20H,6,9-10,14H2,1-2H3. The zero-order valence-corrected chi connectivity index (χ0v) is 13.0. The third-order valence-electron chi connectivity index (χ3n) is 4.17. The van der Waals surface area contributed by atoms with E-state index >= 15 is 0 Å². The lowest BCUT2D eigenvalue weighted by Crippen LogP contribution is -2.31. The zero-order chi connectivity index (χ0) is 14.7. The number of nitrogens with one attached hydrogen (secondary N) is 1. The molecule has 2 aromatic carbocycles. The van der Waals surface area contributed by atoms with Crippen molar-refractivity contribution in [3.63, 3.8) is 0 Å². The van der Waals surface area contributed by atoms with Crippen LogP contribution in [0, 0.1) is 13.8 Å². The van der Waals surface area contributed by atoms with Crippen LogP contribution >= 0.6 is 0 Å². The van der Waals surface area contributed by atoms with Gasteiger partial charge in [0.25, 0.3) is 0 Å². The molecule has 0 radical (unpaired) electrons. The van der Waals surface area contributed by atoms with Gasteiger partial charge in [0, 0.05) is 24.8 Å². The van der Waals surface area contributed by atoms with Crippen molar-refractivity contribution in [1.82, 2.24) is 5.32 Å². The summed E-state index contributed by atoms with van der Waals surface area (Å²) in [5, 5.41) is 3.69. The smallest absolute Gasteiger partial charge is 0.0498 e. The summed E-state index contributed by atoms with van der Waals surface area (Å²) in [6.45, 7) is 7.61. The molecule has 1 saturated heterocycles. The van der Waals surface area contributed by atoms with E-state index in [-0.39, 0.29) is 0 Å². The van der Waals surface area contributed by atoms with Gasteiger partial charge in [-0.1, -0.05) is 36.4 Å². The molecule has 1 heterocycles. The molecule has 2 aromatic rings. The van der Waals surface area contributed by atoms with Gasteiger partial charge in [0.05, 0.1) is 0 Å². The van der Waals surface area contributed by atoms with E-state index in [1.54, 1.807) is 0 Å². The maximum Gasteiger partial charge on any atom is 0.0498 e. The molecule has 0 aliphatic carbocycles. The molecule has 0 aromatic heterocycles. The third kappa shape index (κ3) is 3.45. The number of aryl methyl sites for hydroxylation is 2. The molecule has 1 fully saturated rings. The predicted molar refractivity (Wildman–Crippen MR) is 89.9 cm³/mol. The van der Waals surface area contributed by atoms with Gasteiger partial charge in [0.2, 0.25) is 0 Å². The quantitative estimate of drug-likeness (QED) is 0.899. The summed E-state index contributed by atoms with van der Waals surface area (Å²) in [6.07, 6.45) is 1.19. The van der Waals surface area contributed by atoms with E-state index in [1.165, 1.54) is 28.8 Å². The summed E-state index contributed by atoms with van der Waals surface area (Å²) < 4.78 is 0. The Morgan fingerprint density at radius 1 is 1.00 bits per heavy atom. The molecule has 21 heavy (non-hydrogen) atoms. The van der Waals surface area contributed by atoms with Crippen LogP contribution in [0.1, 0.15) is 29.2 Å². The number of rotatable bonds is 2. The molecule has 1 N–H and O–H groups in total. The predicted octanol–water partition coefficient (Wildman–Crippen LogP) is 3.84. The lowest BCUT2D eigenvalue weighted by molar-refractivity contribution is 0.570. The first-order valence-corrected chi connectivity index (χ1v) is 7.84. The van der Waals surface area contributed by atoms with Gasteiger partial charge in [-0.05, 0) is 55.6 Å². The number of benzene rings is 2. The average molecular weight is 280 g/mol. The minimum absolute atomic E-state index is 0.412. The molecule has 1 atom stereocenters. The Morgan fingerprint density at radius 3 is 2.43 bits per heavy atom. The van der Waals surface area contributed by atoms with Crippen LogP contribution in [-0.4, -0.2) is 19.6 Å². The summed E-state index contributed by atoms with van der Waals surface area (Å²) in [7, 11) is 0. The fourth-order valence-corrected chi connectivity index (χ4v) is 3.20. The SMILES string of the molecule is Cc1cc(C)cc(N2CCCNC(c3ccccc3)C2)c1. The van der Waals surface area contributed by atoms with Crippen molar-refractivity contribution in [2.45, 2.75) is 26.3 Å². The van der Waals surface area contributed by atoms with Gasteiger partial charge in [-0.25, -0.2) is 0 Å². The van der Waals surface area contributed by atoms with Crippen LogP contribution < -0.4 is 10.2 Å². The van der Waals surface area contributed by atoms with E-state index in [9.17, 15) is 0 Å². The average Bonchev–Trinajstić information content (AvgIpc) is 2.73. The van der Waals surface area contributed by atoms with Crippen molar-refractivity contribution in [1.29, 1.82) is 0 Å². The van der Waals surface area contributed by atoms with Crippen LogP contribution in [0.5, 0.6) is 0 Å². The summed E-state index contributed by atoms with van der Waals surface area (Å²) in [5.74, 6) is 0. The molecule has 110 valence electrons. The van der Waals surface area contributed by atoms with E-state index < -0.39 is 0 Å². The van der Waals surface area contributed by atoms with E-state index in [0.717, 1.165) is 19.6 Å². The fourth-order valence-electron chi connectivity index (χ4n) is 3.20. The van der Waals surface area contributed by atoms with Gasteiger partial charge in [0.15, 0.2) is 0 Å². The topological polar surface area (TPSA) is 15.3 Å². The van der Waals surface area contributed by atoms with E-state index in [4.69, 9.17) is 0 Å². The van der Waals surface area contributed by atoms with Crippen LogP contribution in [-0.2, 0) is 0 Å². The molecule has 1 aliphatic heterocycles. The molecule has 2 nitrogen and oxygen atoms in total. The molecular formula is C19H24N2. The summed E-state index contributed by atoms with van der Waals surface area (Å²) in [6, 6.07) is 18.1. The number of nitrogens with zero attached hydrogens (tertiary/aromatic N) is 1. The second-order valence-electron chi connectivity index (χ2n) is 6.06. The Kier molecular flexibility index (Phi) is 4.26. The van der Waals surface area contributed by atoms with Gasteiger partial charge in [-0.3, -0.25) is 0 Å². The van der Waals surface area contributed by atoms with Gasteiger partial charge in [-0.15, -0.1) is 0 Å². The monoisotopic (exact) mass is 280 g/mol. The highest BCUT2D eigenvalue weighted by molar-refractivity contribution is 5.51. The molecule has 0 saturated carbocycles. The number of anilines is 1. The Bertz CT molecular complexity index is 572. The molecule has 2 heteroatoms. The summed E-state index contributed by atoms with van der Waals surface area (Å²) >= 11 is 0. The Balaban J connectivity index is 1.85. The van der Waals surface area contributed by atoms with Crippen molar-refractivity contribution in [3.8, 4) is 0 Å². The fraction of sp³-hybridized carbons (Fsp3) is 0.368. The third-order valence-corrected chi connectivity index (χ3v) is 4.17. The van der Waals surface area contributed by atoms with E-state index in [2.05, 4.69) is 72.6 Å². The van der Waals surface area contributed by atoms with Crippen molar-refractivity contribution >= 4 is 5.69 Å².